The molecule has 0 heterocycles. The van der Waals surface area contributed by atoms with Gasteiger partial charge in [0.2, 0.25) is 0 Å². The van der Waals surface area contributed by atoms with Crippen molar-refractivity contribution in [3.63, 3.8) is 0 Å². The minimum absolute atomic E-state index is 0.604. The van der Waals surface area contributed by atoms with Crippen molar-refractivity contribution in [2.45, 2.75) is 0 Å². The molecule has 30 heavy (non-hydrogen) atoms. The number of fused-ring (bicyclic) bond motifs is 2. The summed E-state index contributed by atoms with van der Waals surface area (Å²) in [5.41, 5.74) is 0. The Morgan fingerprint density at radius 1 is 0.667 bits per heavy atom. The van der Waals surface area contributed by atoms with Crippen molar-refractivity contribution in [2.75, 3.05) is 12.5 Å². The summed E-state index contributed by atoms with van der Waals surface area (Å²) in [6.07, 6.45) is 1.21. The Hall–Kier alpha value is -1.77. The molecule has 0 spiro atoms. The standard InChI is InChI=1S/2C9H7.2CH4O3S.CH2.Zr/c2*1-2-5-9-7-3-6-8(9)4-1;2*1-5(2,3)4;;/h2*1-7H;2*1H3,(H,2,3,4);1H2;/q2*-1;;;;+2/p-2. The van der Waals surface area contributed by atoms with Crippen LogP contribution in [0.2, 0.25) is 0 Å². The molecule has 6 nitrogen and oxygen atoms in total. The molecule has 0 aliphatic carbocycles. The van der Waals surface area contributed by atoms with Crippen LogP contribution in [0.25, 0.3) is 21.5 Å². The minimum Gasteiger partial charge on any atom is -0.168 e. The molecule has 0 fully saturated rings. The van der Waals surface area contributed by atoms with Gasteiger partial charge in [0.15, 0.2) is 0 Å². The summed E-state index contributed by atoms with van der Waals surface area (Å²) in [6.45, 7) is 0. The molecular weight excluding hydrogens is 504 g/mol. The summed E-state index contributed by atoms with van der Waals surface area (Å²) >= 11 is 1.30. The van der Waals surface area contributed by atoms with Crippen LogP contribution in [0.4, 0.5) is 0 Å². The maximum atomic E-state index is 9.08. The quantitative estimate of drug-likeness (QED) is 0.257. The summed E-state index contributed by atoms with van der Waals surface area (Å²) in [5, 5.41) is 5.32. The molecule has 0 aliphatic heterocycles. The Morgan fingerprint density at radius 3 is 1.20 bits per heavy atom. The molecule has 160 valence electrons. The first-order chi connectivity index (χ1) is 13.9. The van der Waals surface area contributed by atoms with Gasteiger partial charge >= 0.3 is 28.4 Å². The summed E-state index contributed by atoms with van der Waals surface area (Å²) in [4.78, 5) is 0. The number of benzene rings is 2. The average molecular weight is 526 g/mol. The predicted octanol–water partition coefficient (Wildman–Crippen LogP) is 3.41. The second kappa shape index (κ2) is 14.3. The van der Waals surface area contributed by atoms with E-state index in [2.05, 4.69) is 89.1 Å². The van der Waals surface area contributed by atoms with Gasteiger partial charge in [0.25, 0.3) is 0 Å². The third-order valence-corrected chi connectivity index (χ3v) is 3.10. The van der Waals surface area contributed by atoms with Gasteiger partial charge in [-0.05, 0) is 0 Å². The van der Waals surface area contributed by atoms with Gasteiger partial charge in [0.05, 0.1) is 20.2 Å². The minimum atomic E-state index is -3.92. The van der Waals surface area contributed by atoms with Crippen molar-refractivity contribution in [1.82, 2.24) is 0 Å². The van der Waals surface area contributed by atoms with Crippen LogP contribution < -0.4 is 0 Å². The van der Waals surface area contributed by atoms with Gasteiger partial charge in [-0.3, -0.25) is 0 Å². The molecule has 0 aliphatic rings. The van der Waals surface area contributed by atoms with Gasteiger partial charge in [-0.15, -0.1) is 59.3 Å². The molecule has 0 aromatic heterocycles. The van der Waals surface area contributed by atoms with Crippen LogP contribution in [0.5, 0.6) is 0 Å². The summed E-state index contributed by atoms with van der Waals surface area (Å²) in [5.74, 6) is 0. The largest absolute Gasteiger partial charge is 0.168 e. The average Bonchev–Trinajstić information content (AvgIpc) is 3.30. The van der Waals surface area contributed by atoms with Crippen molar-refractivity contribution < 1.29 is 50.2 Å². The molecule has 4 aromatic carbocycles. The molecule has 0 radical (unpaired) electrons. The zero-order valence-electron chi connectivity index (χ0n) is 16.6. The fourth-order valence-electron chi connectivity index (χ4n) is 2.14. The van der Waals surface area contributed by atoms with Crippen LogP contribution in [0, 0.1) is 0 Å². The normalized spacial score (nSPS) is 10.2. The van der Waals surface area contributed by atoms with Crippen LogP contribution in [0.3, 0.4) is 0 Å². The van der Waals surface area contributed by atoms with E-state index in [-0.39, 0.29) is 0 Å². The van der Waals surface area contributed by atoms with Crippen molar-refractivity contribution in [3.8, 4) is 0 Å². The molecule has 0 amide bonds. The van der Waals surface area contributed by atoms with E-state index in [0.29, 0.717) is 12.5 Å². The monoisotopic (exact) mass is 524 g/mol. The van der Waals surface area contributed by atoms with E-state index in [4.69, 9.17) is 25.9 Å². The molecule has 0 N–H and O–H groups in total. The molecule has 0 saturated carbocycles. The van der Waals surface area contributed by atoms with Gasteiger partial charge < -0.3 is 9.11 Å². The third kappa shape index (κ3) is 16.1. The molecule has 0 saturated heterocycles. The maximum Gasteiger partial charge on any atom is -0.0809 e. The Kier molecular flexibility index (Phi) is 13.4. The molecule has 0 unspecified atom stereocenters. The van der Waals surface area contributed by atoms with Crippen LogP contribution in [-0.4, -0.2) is 42.7 Å². The molecule has 0 bridgehead atoms. The number of rotatable bonds is 0. The van der Waals surface area contributed by atoms with Crippen LogP contribution >= 0.6 is 0 Å². The van der Waals surface area contributed by atoms with Crippen LogP contribution in [-0.2, 0) is 44.5 Å². The predicted molar refractivity (Wildman–Crippen MR) is 117 cm³/mol. The Morgan fingerprint density at radius 2 is 0.933 bits per heavy atom. The molecule has 4 aromatic rings. The van der Waals surface area contributed by atoms with Crippen molar-refractivity contribution in [2.24, 2.45) is 0 Å². The second-order valence-corrected chi connectivity index (χ2v) is 8.53. The third-order valence-electron chi connectivity index (χ3n) is 3.10. The van der Waals surface area contributed by atoms with Crippen LogP contribution in [0.1, 0.15) is 0 Å². The Balaban J connectivity index is 0.000000379. The summed E-state index contributed by atoms with van der Waals surface area (Å²) in [6, 6.07) is 29.3. The first-order valence-electron chi connectivity index (χ1n) is 8.31. The van der Waals surface area contributed by atoms with Gasteiger partial charge in [0, 0.05) is 12.5 Å². The van der Waals surface area contributed by atoms with Gasteiger partial charge in [-0.2, -0.15) is 35.0 Å². The summed E-state index contributed by atoms with van der Waals surface area (Å²) in [7, 11) is -7.83. The Labute approximate surface area is 192 Å². The number of hydrogen-bond acceptors (Lipinski definition) is 6. The topological polar surface area (TPSA) is 114 Å². The first kappa shape index (κ1) is 28.2. The zero-order chi connectivity index (χ0) is 23.2. The van der Waals surface area contributed by atoms with E-state index < -0.39 is 20.2 Å². The zero-order valence-corrected chi connectivity index (χ0v) is 20.6. The number of hydrogen-bond donors (Lipinski definition) is 0. The molecule has 9 heteroatoms. The van der Waals surface area contributed by atoms with Crippen molar-refractivity contribution >= 4 is 46.0 Å². The van der Waals surface area contributed by atoms with Gasteiger partial charge in [-0.1, -0.05) is 12.1 Å². The van der Waals surface area contributed by atoms with E-state index in [1.54, 1.807) is 0 Å². The van der Waals surface area contributed by atoms with Crippen molar-refractivity contribution in [3.05, 3.63) is 84.9 Å². The summed E-state index contributed by atoms with van der Waals surface area (Å²) < 4.78 is 57.8. The maximum absolute atomic E-state index is 9.08. The fourth-order valence-corrected chi connectivity index (χ4v) is 2.14. The Bertz CT molecular complexity index is 1040. The van der Waals surface area contributed by atoms with E-state index in [1.165, 1.54) is 45.8 Å². The van der Waals surface area contributed by atoms with Gasteiger partial charge in [0.1, 0.15) is 0 Å². The van der Waals surface area contributed by atoms with E-state index in [9.17, 15) is 0 Å². The van der Waals surface area contributed by atoms with E-state index >= 15 is 0 Å². The smallest absolute Gasteiger partial charge is 0.0809 e. The van der Waals surface area contributed by atoms with Gasteiger partial charge in [-0.25, -0.2) is 16.8 Å². The first-order valence-corrected chi connectivity index (χ1v) is 13.7. The van der Waals surface area contributed by atoms with Crippen LogP contribution in [0.15, 0.2) is 84.9 Å². The molecule has 4 rings (SSSR count). The van der Waals surface area contributed by atoms with E-state index in [1.807, 2.05) is 0 Å². The SMILES string of the molecule is CS(=O)(=O)[O-].CS(=O)(=O)[O-].[CH2]=[Zr+2].c1ccc2[cH-]ccc2c1.c1ccc2[cH-]ccc2c1. The molecule has 0 atom stereocenters. The fraction of sp³-hybridized carbons (Fsp3) is 0.0952. The van der Waals surface area contributed by atoms with Crippen molar-refractivity contribution in [1.29, 1.82) is 0 Å². The molecular formula is C21H22O6S2Zr-2. The second-order valence-electron chi connectivity index (χ2n) is 5.72. The van der Waals surface area contributed by atoms with E-state index in [0.717, 1.165) is 0 Å².